The number of rotatable bonds is 7. The second-order valence-corrected chi connectivity index (χ2v) is 5.77. The van der Waals surface area contributed by atoms with Crippen LogP contribution in [0.4, 0.5) is 11.5 Å². The van der Waals surface area contributed by atoms with Gasteiger partial charge >= 0.3 is 0 Å². The van der Waals surface area contributed by atoms with Gasteiger partial charge in [-0.05, 0) is 29.8 Å². The highest BCUT2D eigenvalue weighted by molar-refractivity contribution is 6.30. The molecule has 7 heteroatoms. The van der Waals surface area contributed by atoms with E-state index in [0.29, 0.717) is 23.0 Å². The van der Waals surface area contributed by atoms with Crippen molar-refractivity contribution in [1.29, 1.82) is 0 Å². The van der Waals surface area contributed by atoms with Crippen LogP contribution in [0, 0.1) is 0 Å². The van der Waals surface area contributed by atoms with Crippen molar-refractivity contribution in [2.75, 3.05) is 37.5 Å². The van der Waals surface area contributed by atoms with Crippen molar-refractivity contribution >= 4 is 29.0 Å². The van der Waals surface area contributed by atoms with Crippen molar-refractivity contribution in [3.8, 4) is 0 Å². The van der Waals surface area contributed by atoms with Crippen molar-refractivity contribution in [3.63, 3.8) is 0 Å². The van der Waals surface area contributed by atoms with Gasteiger partial charge in [-0.1, -0.05) is 23.7 Å². The fraction of sp³-hybridized carbons (Fsp3) is 0.294. The molecule has 0 aliphatic carbocycles. The summed E-state index contributed by atoms with van der Waals surface area (Å²) >= 11 is 5.92. The first-order chi connectivity index (χ1) is 11.5. The number of halogens is 1. The number of pyridine rings is 1. The van der Waals surface area contributed by atoms with E-state index in [0.717, 1.165) is 12.2 Å². The lowest BCUT2D eigenvalue weighted by Crippen LogP contribution is -2.28. The Balaban J connectivity index is 1.99. The topological polar surface area (TPSA) is 80.5 Å². The molecule has 1 unspecified atom stereocenters. The summed E-state index contributed by atoms with van der Waals surface area (Å²) in [5.41, 5.74) is 7.55. The van der Waals surface area contributed by atoms with Gasteiger partial charge in [-0.2, -0.15) is 0 Å². The van der Waals surface area contributed by atoms with Gasteiger partial charge in [-0.3, -0.25) is 4.79 Å². The number of carbonyl (C=O) groups excluding carboxylic acids is 1. The summed E-state index contributed by atoms with van der Waals surface area (Å²) < 4.78 is 5.04. The first kappa shape index (κ1) is 18.2. The first-order valence-corrected chi connectivity index (χ1v) is 7.87. The highest BCUT2D eigenvalue weighted by Gasteiger charge is 2.16. The molecule has 1 heterocycles. The number of benzene rings is 1. The maximum Gasteiger partial charge on any atom is 0.247 e. The minimum Gasteiger partial charge on any atom is -0.383 e. The SMILES string of the molecule is COCCN(C)c1ccc(NC(=O)C(N)c2cccc(Cl)c2)nc1. The number of nitrogens with zero attached hydrogens (tertiary/aromatic N) is 2. The number of hydrogen-bond donors (Lipinski definition) is 2. The third-order valence-corrected chi connectivity index (χ3v) is 3.80. The number of nitrogens with two attached hydrogens (primary N) is 1. The molecule has 1 aromatic heterocycles. The molecule has 0 fully saturated rings. The minimum atomic E-state index is -0.811. The number of methoxy groups -OCH3 is 1. The predicted molar refractivity (Wildman–Crippen MR) is 96.4 cm³/mol. The number of carbonyl (C=O) groups is 1. The molecular formula is C17H21ClN4O2. The van der Waals surface area contributed by atoms with Gasteiger partial charge in [-0.15, -0.1) is 0 Å². The molecule has 0 saturated heterocycles. The van der Waals surface area contributed by atoms with Gasteiger partial charge in [-0.25, -0.2) is 4.98 Å². The van der Waals surface area contributed by atoms with Crippen LogP contribution in [0.5, 0.6) is 0 Å². The number of anilines is 2. The molecule has 1 atom stereocenters. The fourth-order valence-corrected chi connectivity index (χ4v) is 2.30. The Hall–Kier alpha value is -2.15. The van der Waals surface area contributed by atoms with Gasteiger partial charge in [0.15, 0.2) is 0 Å². The smallest absolute Gasteiger partial charge is 0.247 e. The Morgan fingerprint density at radius 3 is 2.83 bits per heavy atom. The normalized spacial score (nSPS) is 11.8. The number of nitrogens with one attached hydrogen (secondary N) is 1. The van der Waals surface area contributed by atoms with E-state index < -0.39 is 6.04 Å². The lowest BCUT2D eigenvalue weighted by molar-refractivity contribution is -0.117. The average Bonchev–Trinajstić information content (AvgIpc) is 2.59. The van der Waals surface area contributed by atoms with Crippen LogP contribution >= 0.6 is 11.6 Å². The molecule has 2 aromatic rings. The third kappa shape index (κ3) is 4.92. The molecule has 0 aliphatic rings. The van der Waals surface area contributed by atoms with Crippen molar-refractivity contribution in [2.24, 2.45) is 5.73 Å². The zero-order valence-corrected chi connectivity index (χ0v) is 14.5. The van der Waals surface area contributed by atoms with Crippen LogP contribution in [-0.2, 0) is 9.53 Å². The summed E-state index contributed by atoms with van der Waals surface area (Å²) in [5, 5.41) is 3.25. The second kappa shape index (κ2) is 8.63. The first-order valence-electron chi connectivity index (χ1n) is 7.49. The zero-order valence-electron chi connectivity index (χ0n) is 13.7. The average molecular weight is 349 g/mol. The van der Waals surface area contributed by atoms with E-state index in [4.69, 9.17) is 22.1 Å². The maximum atomic E-state index is 12.2. The van der Waals surface area contributed by atoms with Crippen LogP contribution in [-0.4, -0.2) is 38.2 Å². The van der Waals surface area contributed by atoms with Gasteiger partial charge in [0, 0.05) is 25.7 Å². The minimum absolute atomic E-state index is 0.342. The largest absolute Gasteiger partial charge is 0.383 e. The molecule has 1 aromatic carbocycles. The summed E-state index contributed by atoms with van der Waals surface area (Å²) in [5.74, 6) is 0.103. The summed E-state index contributed by atoms with van der Waals surface area (Å²) in [6.45, 7) is 1.38. The number of ether oxygens (including phenoxy) is 1. The van der Waals surface area contributed by atoms with E-state index in [1.54, 1.807) is 43.6 Å². The molecule has 0 radical (unpaired) electrons. The van der Waals surface area contributed by atoms with Gasteiger partial charge in [0.05, 0.1) is 18.5 Å². The van der Waals surface area contributed by atoms with Gasteiger partial charge in [0.25, 0.3) is 0 Å². The highest BCUT2D eigenvalue weighted by Crippen LogP contribution is 2.18. The van der Waals surface area contributed by atoms with Crippen LogP contribution in [0.3, 0.4) is 0 Å². The molecule has 0 saturated carbocycles. The summed E-state index contributed by atoms with van der Waals surface area (Å²) in [7, 11) is 3.61. The van der Waals surface area contributed by atoms with Gasteiger partial charge in [0.2, 0.25) is 5.91 Å². The standard InChI is InChI=1S/C17H21ClN4O2/c1-22(8-9-24-2)14-6-7-15(20-11-14)21-17(23)16(19)12-4-3-5-13(18)10-12/h3-7,10-11,16H,8-9,19H2,1-2H3,(H,20,21,23). The van der Waals surface area contributed by atoms with E-state index in [1.165, 1.54) is 0 Å². The van der Waals surface area contributed by atoms with Crippen molar-refractivity contribution in [2.45, 2.75) is 6.04 Å². The zero-order chi connectivity index (χ0) is 17.5. The molecule has 0 aliphatic heterocycles. The van der Waals surface area contributed by atoms with E-state index in [1.807, 2.05) is 18.0 Å². The second-order valence-electron chi connectivity index (χ2n) is 5.34. The molecule has 128 valence electrons. The number of aromatic nitrogens is 1. The predicted octanol–water partition coefficient (Wildman–Crippen LogP) is 2.46. The summed E-state index contributed by atoms with van der Waals surface area (Å²) in [6.07, 6.45) is 1.69. The van der Waals surface area contributed by atoms with Crippen LogP contribution in [0.15, 0.2) is 42.6 Å². The van der Waals surface area contributed by atoms with Gasteiger partial charge in [0.1, 0.15) is 11.9 Å². The van der Waals surface area contributed by atoms with Crippen LogP contribution < -0.4 is 16.0 Å². The molecule has 2 rings (SSSR count). The fourth-order valence-electron chi connectivity index (χ4n) is 2.10. The lowest BCUT2D eigenvalue weighted by atomic mass is 10.1. The summed E-state index contributed by atoms with van der Waals surface area (Å²) in [6, 6.07) is 9.73. The monoisotopic (exact) mass is 348 g/mol. The quantitative estimate of drug-likeness (QED) is 0.803. The molecule has 0 bridgehead atoms. The molecular weight excluding hydrogens is 328 g/mol. The molecule has 6 nitrogen and oxygen atoms in total. The molecule has 3 N–H and O–H groups in total. The summed E-state index contributed by atoms with van der Waals surface area (Å²) in [4.78, 5) is 18.5. The Morgan fingerprint density at radius 2 is 2.21 bits per heavy atom. The van der Waals surface area contributed by atoms with E-state index in [9.17, 15) is 4.79 Å². The highest BCUT2D eigenvalue weighted by atomic mass is 35.5. The van der Waals surface area contributed by atoms with Crippen LogP contribution in [0.25, 0.3) is 0 Å². The van der Waals surface area contributed by atoms with Crippen molar-refractivity contribution < 1.29 is 9.53 Å². The van der Waals surface area contributed by atoms with E-state index >= 15 is 0 Å². The Kier molecular flexibility index (Phi) is 6.54. The molecule has 0 spiro atoms. The van der Waals surface area contributed by atoms with E-state index in [-0.39, 0.29) is 5.91 Å². The maximum absolute atomic E-state index is 12.2. The number of amides is 1. The Morgan fingerprint density at radius 1 is 1.42 bits per heavy atom. The van der Waals surface area contributed by atoms with E-state index in [2.05, 4.69) is 10.3 Å². The number of hydrogen-bond acceptors (Lipinski definition) is 5. The van der Waals surface area contributed by atoms with Gasteiger partial charge < -0.3 is 20.7 Å². The van der Waals surface area contributed by atoms with Crippen LogP contribution in [0.2, 0.25) is 5.02 Å². The Bertz CT molecular complexity index is 679. The van der Waals surface area contributed by atoms with Crippen molar-refractivity contribution in [3.05, 3.63) is 53.2 Å². The van der Waals surface area contributed by atoms with Crippen molar-refractivity contribution in [1.82, 2.24) is 4.98 Å². The Labute approximate surface area is 146 Å². The lowest BCUT2D eigenvalue weighted by Gasteiger charge is -2.18. The number of likely N-dealkylation sites (N-methyl/N-ethyl adjacent to an activating group) is 1. The van der Waals surface area contributed by atoms with Crippen LogP contribution in [0.1, 0.15) is 11.6 Å². The third-order valence-electron chi connectivity index (χ3n) is 3.56. The molecule has 24 heavy (non-hydrogen) atoms. The molecule has 1 amide bonds.